The van der Waals surface area contributed by atoms with E-state index in [9.17, 15) is 4.79 Å². The fourth-order valence-corrected chi connectivity index (χ4v) is 4.21. The molecule has 2 saturated carbocycles. The molecule has 0 aromatic carbocycles. The van der Waals surface area contributed by atoms with Crippen LogP contribution in [0.25, 0.3) is 0 Å². The zero-order valence-corrected chi connectivity index (χ0v) is 16.0. The first-order valence-electron chi connectivity index (χ1n) is 9.73. The highest BCUT2D eigenvalue weighted by atomic mass is 16.5. The number of ether oxygens (including phenoxy) is 1. The Morgan fingerprint density at radius 1 is 1.31 bits per heavy atom. The molecule has 0 aliphatic heterocycles. The number of nitrogens with one attached hydrogen (secondary N) is 2. The maximum Gasteiger partial charge on any atom is 0.240 e. The van der Waals surface area contributed by atoms with Crippen LogP contribution in [0.5, 0.6) is 0 Å². The van der Waals surface area contributed by atoms with Crippen molar-refractivity contribution in [2.75, 3.05) is 20.8 Å². The van der Waals surface area contributed by atoms with Crippen LogP contribution in [0.3, 0.4) is 0 Å². The molecule has 2 aliphatic carbocycles. The number of rotatable bonds is 8. The summed E-state index contributed by atoms with van der Waals surface area (Å²) in [6.45, 7) is 1.86. The number of hydrogen-bond donors (Lipinski definition) is 3. The van der Waals surface area contributed by atoms with Gasteiger partial charge in [0.2, 0.25) is 5.91 Å². The van der Waals surface area contributed by atoms with E-state index in [1.165, 1.54) is 6.42 Å². The molecule has 1 aromatic heterocycles. The van der Waals surface area contributed by atoms with Crippen molar-refractivity contribution in [3.05, 3.63) is 11.6 Å². The van der Waals surface area contributed by atoms with Gasteiger partial charge in [-0.05, 0) is 25.7 Å². The van der Waals surface area contributed by atoms with Crippen LogP contribution in [-0.2, 0) is 22.6 Å². The number of likely N-dealkylation sites (N-methyl/N-ethyl adjacent to an activating group) is 1. The van der Waals surface area contributed by atoms with E-state index in [-0.39, 0.29) is 11.9 Å². The summed E-state index contributed by atoms with van der Waals surface area (Å²) in [5.41, 5.74) is 5.45. The van der Waals surface area contributed by atoms with Crippen LogP contribution < -0.4 is 16.4 Å². The van der Waals surface area contributed by atoms with Gasteiger partial charge in [0.15, 0.2) is 0 Å². The largest absolute Gasteiger partial charge is 0.383 e. The lowest BCUT2D eigenvalue weighted by Crippen LogP contribution is -2.57. The number of nitrogens with zero attached hydrogens (tertiary/aromatic N) is 3. The summed E-state index contributed by atoms with van der Waals surface area (Å²) in [5, 5.41) is 15.2. The van der Waals surface area contributed by atoms with E-state index in [1.54, 1.807) is 14.2 Å². The van der Waals surface area contributed by atoms with Crippen LogP contribution in [-0.4, -0.2) is 53.0 Å². The summed E-state index contributed by atoms with van der Waals surface area (Å²) in [4.78, 5) is 12.5. The van der Waals surface area contributed by atoms with Gasteiger partial charge in [-0.2, -0.15) is 0 Å². The first kappa shape index (κ1) is 19.3. The van der Waals surface area contributed by atoms with Gasteiger partial charge < -0.3 is 20.4 Å². The zero-order chi connectivity index (χ0) is 18.6. The molecule has 26 heavy (non-hydrogen) atoms. The second kappa shape index (κ2) is 8.45. The van der Waals surface area contributed by atoms with Crippen molar-refractivity contribution in [1.29, 1.82) is 0 Å². The van der Waals surface area contributed by atoms with Gasteiger partial charge >= 0.3 is 0 Å². The fourth-order valence-electron chi connectivity index (χ4n) is 4.21. The van der Waals surface area contributed by atoms with E-state index >= 15 is 0 Å². The van der Waals surface area contributed by atoms with Crippen LogP contribution in [0.15, 0.2) is 0 Å². The Balaban J connectivity index is 1.74. The van der Waals surface area contributed by atoms with Crippen molar-refractivity contribution < 1.29 is 9.53 Å². The number of carbonyl (C=O) groups excluding carboxylic acids is 1. The van der Waals surface area contributed by atoms with Crippen molar-refractivity contribution in [2.24, 2.45) is 5.73 Å². The standard InChI is InChI=1S/C18H32N6O2/c1-20-17(25)18(6-4-3-5-7-18)21-12-15-22-23-16(13-10-14(19)11-13)24(15)8-9-26-2/h13-14,21H,3-12,19H2,1-2H3,(H,20,25). The Kier molecular flexibility index (Phi) is 6.26. The van der Waals surface area contributed by atoms with Gasteiger partial charge in [-0.25, -0.2) is 0 Å². The summed E-state index contributed by atoms with van der Waals surface area (Å²) in [5.74, 6) is 2.32. The monoisotopic (exact) mass is 364 g/mol. The predicted octanol–water partition coefficient (Wildman–Crippen LogP) is 0.668. The molecular formula is C18H32N6O2. The van der Waals surface area contributed by atoms with Crippen LogP contribution >= 0.6 is 0 Å². The molecule has 1 aromatic rings. The number of amides is 1. The van der Waals surface area contributed by atoms with E-state index < -0.39 is 5.54 Å². The Morgan fingerprint density at radius 2 is 2.04 bits per heavy atom. The summed E-state index contributed by atoms with van der Waals surface area (Å²) in [6, 6.07) is 0.271. The van der Waals surface area contributed by atoms with Crippen molar-refractivity contribution in [3.63, 3.8) is 0 Å². The first-order valence-corrected chi connectivity index (χ1v) is 9.73. The van der Waals surface area contributed by atoms with E-state index in [0.717, 1.165) is 50.2 Å². The minimum atomic E-state index is -0.496. The molecule has 0 bridgehead atoms. The lowest BCUT2D eigenvalue weighted by Gasteiger charge is -2.36. The number of carbonyl (C=O) groups is 1. The fraction of sp³-hybridized carbons (Fsp3) is 0.833. The molecule has 1 heterocycles. The Bertz CT molecular complexity index is 605. The third kappa shape index (κ3) is 3.92. The smallest absolute Gasteiger partial charge is 0.240 e. The second-order valence-electron chi connectivity index (χ2n) is 7.62. The number of nitrogens with two attached hydrogens (primary N) is 1. The quantitative estimate of drug-likeness (QED) is 0.626. The first-order chi connectivity index (χ1) is 12.6. The van der Waals surface area contributed by atoms with Gasteiger partial charge in [0.05, 0.1) is 18.7 Å². The maximum atomic E-state index is 12.5. The van der Waals surface area contributed by atoms with E-state index in [1.807, 2.05) is 0 Å². The van der Waals surface area contributed by atoms with Crippen LogP contribution in [0.2, 0.25) is 0 Å². The lowest BCUT2D eigenvalue weighted by molar-refractivity contribution is -0.128. The van der Waals surface area contributed by atoms with Gasteiger partial charge in [0, 0.05) is 32.7 Å². The van der Waals surface area contributed by atoms with E-state index in [2.05, 4.69) is 25.4 Å². The highest BCUT2D eigenvalue weighted by Gasteiger charge is 2.39. The second-order valence-corrected chi connectivity index (χ2v) is 7.62. The Morgan fingerprint density at radius 3 is 2.65 bits per heavy atom. The third-order valence-electron chi connectivity index (χ3n) is 5.87. The average molecular weight is 364 g/mol. The summed E-state index contributed by atoms with van der Waals surface area (Å²) in [6.07, 6.45) is 6.98. The molecule has 1 amide bonds. The molecule has 2 fully saturated rings. The molecule has 0 saturated heterocycles. The van der Waals surface area contributed by atoms with Crippen molar-refractivity contribution in [1.82, 2.24) is 25.4 Å². The topological polar surface area (TPSA) is 107 Å². The molecule has 0 radical (unpaired) electrons. The Labute approximate surface area is 155 Å². The zero-order valence-electron chi connectivity index (χ0n) is 16.0. The van der Waals surface area contributed by atoms with Crippen molar-refractivity contribution >= 4 is 5.91 Å². The van der Waals surface area contributed by atoms with Gasteiger partial charge in [0.1, 0.15) is 11.6 Å². The highest BCUT2D eigenvalue weighted by Crippen LogP contribution is 2.35. The molecule has 8 nitrogen and oxygen atoms in total. The summed E-state index contributed by atoms with van der Waals surface area (Å²) in [7, 11) is 3.41. The van der Waals surface area contributed by atoms with E-state index in [0.29, 0.717) is 25.6 Å². The number of hydrogen-bond acceptors (Lipinski definition) is 6. The molecular weight excluding hydrogens is 332 g/mol. The number of methoxy groups -OCH3 is 1. The van der Waals surface area contributed by atoms with Crippen molar-refractivity contribution in [3.8, 4) is 0 Å². The average Bonchev–Trinajstić information content (AvgIpc) is 3.04. The van der Waals surface area contributed by atoms with Gasteiger partial charge in [-0.3, -0.25) is 10.1 Å². The van der Waals surface area contributed by atoms with Gasteiger partial charge in [-0.1, -0.05) is 19.3 Å². The lowest BCUT2D eigenvalue weighted by atomic mass is 9.80. The van der Waals surface area contributed by atoms with Gasteiger partial charge in [0.25, 0.3) is 0 Å². The molecule has 0 atom stereocenters. The Hall–Kier alpha value is -1.51. The minimum Gasteiger partial charge on any atom is -0.383 e. The summed E-state index contributed by atoms with van der Waals surface area (Å²) >= 11 is 0. The molecule has 3 rings (SSSR count). The van der Waals surface area contributed by atoms with Crippen molar-refractivity contribution in [2.45, 2.75) is 75.5 Å². The summed E-state index contributed by atoms with van der Waals surface area (Å²) < 4.78 is 7.41. The molecule has 2 aliphatic rings. The van der Waals surface area contributed by atoms with Crippen LogP contribution in [0.1, 0.15) is 62.5 Å². The number of aromatic nitrogens is 3. The molecule has 8 heteroatoms. The van der Waals surface area contributed by atoms with Gasteiger partial charge in [-0.15, -0.1) is 10.2 Å². The molecule has 146 valence electrons. The van der Waals surface area contributed by atoms with E-state index in [4.69, 9.17) is 10.5 Å². The maximum absolute atomic E-state index is 12.5. The molecule has 4 N–H and O–H groups in total. The molecule has 0 spiro atoms. The van der Waals surface area contributed by atoms with Crippen LogP contribution in [0, 0.1) is 0 Å². The third-order valence-corrected chi connectivity index (χ3v) is 5.87. The van der Waals surface area contributed by atoms with Crippen LogP contribution in [0.4, 0.5) is 0 Å². The predicted molar refractivity (Wildman–Crippen MR) is 98.6 cm³/mol. The molecule has 0 unspecified atom stereocenters. The normalized spacial score (nSPS) is 24.9. The minimum absolute atomic E-state index is 0.0744. The SMILES string of the molecule is CNC(=O)C1(NCc2nnc(C3CC(N)C3)n2CCOC)CCCCC1. The highest BCUT2D eigenvalue weighted by molar-refractivity contribution is 5.86.